The van der Waals surface area contributed by atoms with Gasteiger partial charge in [-0.1, -0.05) is 104 Å². The van der Waals surface area contributed by atoms with Crippen LogP contribution in [0.25, 0.3) is 21.8 Å². The van der Waals surface area contributed by atoms with E-state index in [-0.39, 0.29) is 27.3 Å². The van der Waals surface area contributed by atoms with E-state index < -0.39 is 19.7 Å². The topological polar surface area (TPSA) is 128 Å². The van der Waals surface area contributed by atoms with Crippen molar-refractivity contribution in [3.8, 4) is 0 Å². The molecule has 2 aliphatic rings. The third kappa shape index (κ3) is 9.46. The van der Waals surface area contributed by atoms with E-state index in [1.54, 1.807) is 66.3 Å². The number of aryl methyl sites for hydroxylation is 1. The van der Waals surface area contributed by atoms with Crippen molar-refractivity contribution < 1.29 is 16.8 Å². The summed E-state index contributed by atoms with van der Waals surface area (Å²) in [6.45, 7) is 9.38. The molecule has 0 amide bonds. The predicted octanol–water partition coefficient (Wildman–Crippen LogP) is 8.08. The Morgan fingerprint density at radius 2 is 0.953 bits per heavy atom. The molecule has 64 heavy (non-hydrogen) atoms. The van der Waals surface area contributed by atoms with Gasteiger partial charge in [-0.25, -0.2) is 16.8 Å². The highest BCUT2D eigenvalue weighted by Gasteiger charge is 2.27. The number of benzene rings is 6. The SMILES string of the molecule is C.Cn1nc(S(=O)(=O)c2ccccc2)c2cc(N3CCN(Cc4ccccc4)CC3)ccc21.O=S(=O)(c1ccccc1)c1[nH]nc2ccc(N3CCN(Cc4ccccc4)CC3)cc12. The van der Waals surface area contributed by atoms with Gasteiger partial charge >= 0.3 is 0 Å². The monoisotopic (exact) mass is 894 g/mol. The molecule has 0 bridgehead atoms. The quantitative estimate of drug-likeness (QED) is 0.144. The summed E-state index contributed by atoms with van der Waals surface area (Å²) in [7, 11) is -5.57. The van der Waals surface area contributed by atoms with Crippen molar-refractivity contribution in [1.82, 2.24) is 29.8 Å². The number of nitrogens with zero attached hydrogens (tertiary/aromatic N) is 7. The average Bonchev–Trinajstić information content (AvgIpc) is 3.92. The van der Waals surface area contributed by atoms with Gasteiger partial charge in [-0.05, 0) is 71.8 Å². The number of H-pyrrole nitrogens is 1. The van der Waals surface area contributed by atoms with Crippen molar-refractivity contribution in [3.63, 3.8) is 0 Å². The van der Waals surface area contributed by atoms with Crippen molar-refractivity contribution in [2.45, 2.75) is 40.4 Å². The molecule has 2 saturated heterocycles. The molecule has 0 saturated carbocycles. The van der Waals surface area contributed by atoms with Gasteiger partial charge in [0.1, 0.15) is 0 Å². The zero-order valence-corrected chi connectivity index (χ0v) is 36.8. The highest BCUT2D eigenvalue weighted by molar-refractivity contribution is 7.92. The Balaban J connectivity index is 0.000000172. The van der Waals surface area contributed by atoms with Crippen LogP contribution in [0.4, 0.5) is 11.4 Å². The summed E-state index contributed by atoms with van der Waals surface area (Å²) in [5.41, 5.74) is 6.18. The fourth-order valence-electron chi connectivity index (χ4n) is 8.43. The molecule has 10 rings (SSSR count). The first kappa shape index (κ1) is 44.3. The summed E-state index contributed by atoms with van der Waals surface area (Å²) in [5.74, 6) is 0. The molecule has 0 radical (unpaired) electrons. The minimum atomic E-state index is -3.69. The van der Waals surface area contributed by atoms with E-state index in [0.29, 0.717) is 16.3 Å². The van der Waals surface area contributed by atoms with Gasteiger partial charge < -0.3 is 9.80 Å². The van der Waals surface area contributed by atoms with Crippen molar-refractivity contribution in [2.24, 2.45) is 7.05 Å². The predicted molar refractivity (Wildman–Crippen MR) is 255 cm³/mol. The van der Waals surface area contributed by atoms with Gasteiger partial charge in [0.05, 0.1) is 20.8 Å². The standard InChI is InChI=1S/C25H26N4O2S.C24H24N4O2S.CH4/c1-27-24-13-12-21(29-16-14-28(15-17-29)19-20-8-4-2-5-9-20)18-23(24)25(26-27)32(30,31)22-10-6-3-7-11-22;29-31(30,21-9-5-2-6-10-21)24-22-17-20(11-12-23(22)25-26-24)28-15-13-27(14-16-28)18-19-7-3-1-4-8-19;/h2-13,18H,14-17,19H2,1H3;1-12,17H,13-16,18H2,(H,25,26);1H4. The van der Waals surface area contributed by atoms with Crippen molar-refractivity contribution in [3.05, 3.63) is 169 Å². The lowest BCUT2D eigenvalue weighted by Crippen LogP contribution is -2.45. The maximum Gasteiger partial charge on any atom is 0.226 e. The van der Waals surface area contributed by atoms with Crippen LogP contribution in [0.5, 0.6) is 0 Å². The summed E-state index contributed by atoms with van der Waals surface area (Å²) >= 11 is 0. The third-order valence-corrected chi connectivity index (χ3v) is 15.4. The summed E-state index contributed by atoms with van der Waals surface area (Å²) in [4.78, 5) is 10.1. The Morgan fingerprint density at radius 1 is 0.516 bits per heavy atom. The number of rotatable bonds is 10. The Bertz CT molecular complexity index is 3020. The lowest BCUT2D eigenvalue weighted by atomic mass is 10.1. The molecule has 4 heterocycles. The van der Waals surface area contributed by atoms with Crippen molar-refractivity contribution in [1.29, 1.82) is 0 Å². The molecule has 6 aromatic carbocycles. The smallest absolute Gasteiger partial charge is 0.226 e. The summed E-state index contributed by atoms with van der Waals surface area (Å²) in [6.07, 6.45) is 0. The highest BCUT2D eigenvalue weighted by atomic mass is 32.2. The number of sulfone groups is 2. The third-order valence-electron chi connectivity index (χ3n) is 11.9. The molecule has 2 fully saturated rings. The zero-order chi connectivity index (χ0) is 43.4. The number of piperazine rings is 2. The van der Waals surface area contributed by atoms with Gasteiger partial charge in [-0.15, -0.1) is 0 Å². The number of aromatic amines is 1. The van der Waals surface area contributed by atoms with Crippen LogP contribution in [0.1, 0.15) is 18.6 Å². The maximum atomic E-state index is 13.3. The number of nitrogens with one attached hydrogen (secondary N) is 1. The molecule has 0 spiro atoms. The molecular weight excluding hydrogens is 841 g/mol. The number of anilines is 2. The molecular formula is C50H54N8O4S2. The van der Waals surface area contributed by atoms with Gasteiger partial charge in [-0.3, -0.25) is 19.6 Å². The molecule has 0 aliphatic carbocycles. The van der Waals surface area contributed by atoms with Crippen molar-refractivity contribution in [2.75, 3.05) is 62.2 Å². The number of hydrogen-bond donors (Lipinski definition) is 1. The van der Waals surface area contributed by atoms with E-state index in [2.05, 4.69) is 89.5 Å². The Morgan fingerprint density at radius 3 is 1.45 bits per heavy atom. The number of fused-ring (bicyclic) bond motifs is 2. The zero-order valence-electron chi connectivity index (χ0n) is 35.2. The van der Waals surface area contributed by atoms with Crippen LogP contribution in [0.15, 0.2) is 178 Å². The second kappa shape index (κ2) is 19.2. The first-order valence-electron chi connectivity index (χ1n) is 21.2. The fraction of sp³-hybridized carbons (Fsp3) is 0.240. The summed E-state index contributed by atoms with van der Waals surface area (Å²) in [6, 6.07) is 49.9. The normalized spacial score (nSPS) is 15.1. The van der Waals surface area contributed by atoms with Gasteiger partial charge in [0.25, 0.3) is 0 Å². The van der Waals surface area contributed by atoms with Crippen LogP contribution in [-0.4, -0.2) is 99.0 Å². The largest absolute Gasteiger partial charge is 0.369 e. The van der Waals surface area contributed by atoms with E-state index in [1.807, 2.05) is 48.5 Å². The van der Waals surface area contributed by atoms with Gasteiger partial charge in [0, 0.05) is 94.6 Å². The average molecular weight is 895 g/mol. The van der Waals surface area contributed by atoms with Gasteiger partial charge in [0.2, 0.25) is 19.7 Å². The van der Waals surface area contributed by atoms with Crippen molar-refractivity contribution >= 4 is 52.9 Å². The Labute approximate surface area is 376 Å². The molecule has 8 aromatic rings. The van der Waals surface area contributed by atoms with E-state index in [0.717, 1.165) is 82.3 Å². The Kier molecular flexibility index (Phi) is 13.3. The first-order valence-corrected chi connectivity index (χ1v) is 24.2. The van der Waals surface area contributed by atoms with E-state index in [1.165, 1.54) is 11.1 Å². The van der Waals surface area contributed by atoms with E-state index in [4.69, 9.17) is 0 Å². The minimum absolute atomic E-state index is 0. The lowest BCUT2D eigenvalue weighted by Gasteiger charge is -2.36. The van der Waals surface area contributed by atoms with E-state index >= 15 is 0 Å². The van der Waals surface area contributed by atoms with Gasteiger partial charge in [0.15, 0.2) is 10.1 Å². The maximum absolute atomic E-state index is 13.3. The number of hydrogen-bond acceptors (Lipinski definition) is 10. The Hall–Kier alpha value is -6.32. The molecule has 14 heteroatoms. The number of aromatic nitrogens is 4. The van der Waals surface area contributed by atoms with Crippen LogP contribution < -0.4 is 9.80 Å². The van der Waals surface area contributed by atoms with Crippen LogP contribution in [-0.2, 0) is 39.8 Å². The van der Waals surface area contributed by atoms with Crippen LogP contribution in [0.3, 0.4) is 0 Å². The van der Waals surface area contributed by atoms with Crippen LogP contribution in [0.2, 0.25) is 0 Å². The molecule has 1 N–H and O–H groups in total. The minimum Gasteiger partial charge on any atom is -0.369 e. The molecule has 330 valence electrons. The molecule has 12 nitrogen and oxygen atoms in total. The van der Waals surface area contributed by atoms with E-state index in [9.17, 15) is 16.8 Å². The molecule has 2 aromatic heterocycles. The molecule has 0 atom stereocenters. The summed E-state index contributed by atoms with van der Waals surface area (Å²) < 4.78 is 54.4. The van der Waals surface area contributed by atoms with Crippen LogP contribution >= 0.6 is 0 Å². The van der Waals surface area contributed by atoms with Crippen LogP contribution in [0, 0.1) is 0 Å². The molecule has 2 aliphatic heterocycles. The van der Waals surface area contributed by atoms with Gasteiger partial charge in [-0.2, -0.15) is 10.2 Å². The second-order valence-corrected chi connectivity index (χ2v) is 19.8. The first-order chi connectivity index (χ1) is 30.6. The molecule has 0 unspecified atom stereocenters. The fourth-order valence-corrected chi connectivity index (χ4v) is 11.2. The summed E-state index contributed by atoms with van der Waals surface area (Å²) in [5, 5.41) is 12.9. The highest BCUT2D eigenvalue weighted by Crippen LogP contribution is 2.32. The lowest BCUT2D eigenvalue weighted by molar-refractivity contribution is 0.250. The second-order valence-electron chi connectivity index (χ2n) is 16.0.